The van der Waals surface area contributed by atoms with Crippen molar-refractivity contribution in [1.29, 1.82) is 0 Å². The van der Waals surface area contributed by atoms with E-state index in [9.17, 15) is 29.8 Å². The Kier molecular flexibility index (Phi) is 7.23. The van der Waals surface area contributed by atoms with Crippen LogP contribution in [0.15, 0.2) is 42.5 Å². The number of amides is 2. The van der Waals surface area contributed by atoms with Gasteiger partial charge in [0.25, 0.3) is 11.4 Å². The van der Waals surface area contributed by atoms with Gasteiger partial charge in [0, 0.05) is 36.3 Å². The number of carbonyl (C=O) groups is 2. The Labute approximate surface area is 176 Å². The fourth-order valence-electron chi connectivity index (χ4n) is 2.77. The molecule has 12 nitrogen and oxygen atoms in total. The first-order valence-electron chi connectivity index (χ1n) is 8.91. The van der Waals surface area contributed by atoms with Gasteiger partial charge < -0.3 is 22.1 Å². The first-order valence-corrected chi connectivity index (χ1v) is 8.91. The summed E-state index contributed by atoms with van der Waals surface area (Å²) >= 11 is 0. The fraction of sp³-hybridized carbons (Fsp3) is 0.158. The zero-order chi connectivity index (χ0) is 23.1. The molecule has 0 aromatic heterocycles. The molecule has 0 aliphatic rings. The van der Waals surface area contributed by atoms with Crippen molar-refractivity contribution in [1.82, 2.24) is 0 Å². The summed E-state index contributed by atoms with van der Waals surface area (Å²) in [5.41, 5.74) is 10.8. The van der Waals surface area contributed by atoms with Crippen molar-refractivity contribution in [3.05, 3.63) is 79.4 Å². The maximum atomic E-state index is 11.3. The van der Waals surface area contributed by atoms with Crippen molar-refractivity contribution in [2.45, 2.75) is 6.92 Å². The lowest BCUT2D eigenvalue weighted by Gasteiger charge is -2.10. The molecule has 0 bridgehead atoms. The number of aryl methyl sites for hydroxylation is 1. The number of nitro groups is 2. The summed E-state index contributed by atoms with van der Waals surface area (Å²) in [5, 5.41) is 28.2. The van der Waals surface area contributed by atoms with E-state index in [1.54, 1.807) is 19.1 Å². The van der Waals surface area contributed by atoms with Crippen LogP contribution in [0, 0.1) is 27.2 Å². The van der Waals surface area contributed by atoms with E-state index in [1.807, 2.05) is 0 Å². The molecule has 0 heterocycles. The second kappa shape index (κ2) is 9.82. The molecule has 0 radical (unpaired) electrons. The molecule has 0 saturated carbocycles. The number of hydrogen-bond acceptors (Lipinski definition) is 8. The Bertz CT molecular complexity index is 1080. The molecule has 0 aliphatic carbocycles. The monoisotopic (exact) mass is 428 g/mol. The van der Waals surface area contributed by atoms with Crippen molar-refractivity contribution in [2.75, 3.05) is 23.7 Å². The van der Waals surface area contributed by atoms with Crippen LogP contribution in [0.1, 0.15) is 26.3 Å². The highest BCUT2D eigenvalue weighted by molar-refractivity contribution is 5.95. The van der Waals surface area contributed by atoms with Crippen LogP contribution < -0.4 is 22.1 Å². The van der Waals surface area contributed by atoms with Crippen LogP contribution in [0.25, 0.3) is 0 Å². The molecule has 2 aromatic rings. The molecule has 0 unspecified atom stereocenters. The van der Waals surface area contributed by atoms with Crippen LogP contribution in [0.2, 0.25) is 0 Å². The quantitative estimate of drug-likeness (QED) is 0.250. The molecule has 31 heavy (non-hydrogen) atoms. The van der Waals surface area contributed by atoms with Crippen LogP contribution in [0.4, 0.5) is 22.7 Å². The number of benzene rings is 2. The second-order valence-corrected chi connectivity index (χ2v) is 6.40. The standard InChI is InChI=1S/C19H20N6O6/c1-11-8-13(19(21)27)10-16(25(30)31)17(11)23-7-3-2-6-22-14-5-4-12(18(20)26)9-15(14)24(28)29/h2-5,8-10,22-23H,6-7H2,1H3,(H2,20,26)(H2,21,27)/b3-2+. The van der Waals surface area contributed by atoms with E-state index in [0.29, 0.717) is 5.56 Å². The smallest absolute Gasteiger partial charge is 0.293 e. The van der Waals surface area contributed by atoms with Crippen LogP contribution in [-0.2, 0) is 0 Å². The first-order chi connectivity index (χ1) is 14.6. The van der Waals surface area contributed by atoms with Crippen molar-refractivity contribution in [2.24, 2.45) is 11.5 Å². The van der Waals surface area contributed by atoms with Gasteiger partial charge in [-0.05, 0) is 30.7 Å². The maximum absolute atomic E-state index is 11.3. The molecule has 2 amide bonds. The lowest BCUT2D eigenvalue weighted by molar-refractivity contribution is -0.384. The van der Waals surface area contributed by atoms with Gasteiger partial charge in [-0.1, -0.05) is 12.2 Å². The molecule has 6 N–H and O–H groups in total. The molecule has 162 valence electrons. The highest BCUT2D eigenvalue weighted by atomic mass is 16.6. The predicted molar refractivity (Wildman–Crippen MR) is 114 cm³/mol. The van der Waals surface area contributed by atoms with Gasteiger partial charge in [0.1, 0.15) is 11.4 Å². The highest BCUT2D eigenvalue weighted by Crippen LogP contribution is 2.29. The van der Waals surface area contributed by atoms with Gasteiger partial charge in [0.15, 0.2) is 0 Å². The zero-order valence-electron chi connectivity index (χ0n) is 16.5. The molecule has 0 spiro atoms. The van der Waals surface area contributed by atoms with Crippen molar-refractivity contribution in [3.8, 4) is 0 Å². The van der Waals surface area contributed by atoms with Gasteiger partial charge in [-0.2, -0.15) is 0 Å². The van der Waals surface area contributed by atoms with E-state index >= 15 is 0 Å². The number of nitrogens with zero attached hydrogens (tertiary/aromatic N) is 2. The third-order valence-electron chi connectivity index (χ3n) is 4.25. The van der Waals surface area contributed by atoms with Gasteiger partial charge in [-0.3, -0.25) is 29.8 Å². The van der Waals surface area contributed by atoms with Crippen molar-refractivity contribution in [3.63, 3.8) is 0 Å². The summed E-state index contributed by atoms with van der Waals surface area (Å²) in [5.74, 6) is -1.53. The first kappa shape index (κ1) is 22.8. The molecule has 0 fully saturated rings. The lowest BCUT2D eigenvalue weighted by Crippen LogP contribution is -2.13. The molecule has 2 rings (SSSR count). The summed E-state index contributed by atoms with van der Waals surface area (Å²) < 4.78 is 0. The molecular formula is C19H20N6O6. The van der Waals surface area contributed by atoms with Gasteiger partial charge in [-0.25, -0.2) is 0 Å². The van der Waals surface area contributed by atoms with Crippen molar-refractivity contribution >= 4 is 34.6 Å². The van der Waals surface area contributed by atoms with Gasteiger partial charge >= 0.3 is 0 Å². The van der Waals surface area contributed by atoms with Gasteiger partial charge in [-0.15, -0.1) is 0 Å². The molecule has 0 saturated heterocycles. The molecule has 0 atom stereocenters. The average Bonchev–Trinajstić information content (AvgIpc) is 2.70. The molecule has 12 heteroatoms. The third kappa shape index (κ3) is 5.76. The molecule has 2 aromatic carbocycles. The number of carbonyl (C=O) groups excluding carboxylic acids is 2. The van der Waals surface area contributed by atoms with E-state index < -0.39 is 21.7 Å². The highest BCUT2D eigenvalue weighted by Gasteiger charge is 2.19. The minimum Gasteiger partial charge on any atom is -0.376 e. The van der Waals surface area contributed by atoms with Gasteiger partial charge in [0.2, 0.25) is 11.8 Å². The van der Waals surface area contributed by atoms with E-state index in [-0.39, 0.29) is 47.0 Å². The number of anilines is 2. The normalized spacial score (nSPS) is 10.6. The SMILES string of the molecule is Cc1cc(C(N)=O)cc([N+](=O)[O-])c1NC/C=C/CNc1ccc(C(N)=O)cc1[N+](=O)[O-]. The number of rotatable bonds is 10. The largest absolute Gasteiger partial charge is 0.376 e. The van der Waals surface area contributed by atoms with E-state index in [1.165, 1.54) is 18.2 Å². The number of nitrogens with two attached hydrogens (primary N) is 2. The minimum absolute atomic E-state index is 0.0244. The topological polar surface area (TPSA) is 197 Å². The van der Waals surface area contributed by atoms with Crippen LogP contribution in [0.5, 0.6) is 0 Å². The summed E-state index contributed by atoms with van der Waals surface area (Å²) in [4.78, 5) is 43.7. The average molecular weight is 428 g/mol. The summed E-state index contributed by atoms with van der Waals surface area (Å²) in [6.07, 6.45) is 3.33. The number of primary amides is 2. The lowest BCUT2D eigenvalue weighted by atomic mass is 10.1. The van der Waals surface area contributed by atoms with E-state index in [2.05, 4.69) is 10.6 Å². The third-order valence-corrected chi connectivity index (χ3v) is 4.25. The Morgan fingerprint density at radius 1 is 0.903 bits per heavy atom. The Morgan fingerprint density at radius 3 is 2.00 bits per heavy atom. The van der Waals surface area contributed by atoms with Crippen LogP contribution >= 0.6 is 0 Å². The predicted octanol–water partition coefficient (Wildman–Crippen LogP) is 2.09. The van der Waals surface area contributed by atoms with Crippen LogP contribution in [-0.4, -0.2) is 34.8 Å². The molecule has 0 aliphatic heterocycles. The summed E-state index contributed by atoms with van der Waals surface area (Å²) in [6.45, 7) is 2.06. The van der Waals surface area contributed by atoms with E-state index in [0.717, 1.165) is 12.1 Å². The number of nitro benzene ring substituents is 2. The maximum Gasteiger partial charge on any atom is 0.293 e. The zero-order valence-corrected chi connectivity index (χ0v) is 16.5. The Hall–Kier alpha value is -4.48. The Balaban J connectivity index is 2.03. The second-order valence-electron chi connectivity index (χ2n) is 6.40. The van der Waals surface area contributed by atoms with Crippen LogP contribution in [0.3, 0.4) is 0 Å². The molecular weight excluding hydrogens is 408 g/mol. The van der Waals surface area contributed by atoms with Gasteiger partial charge in [0.05, 0.1) is 9.85 Å². The van der Waals surface area contributed by atoms with E-state index in [4.69, 9.17) is 11.5 Å². The summed E-state index contributed by atoms with van der Waals surface area (Å²) in [7, 11) is 0. The number of nitrogens with one attached hydrogen (secondary N) is 2. The Morgan fingerprint density at radius 2 is 1.45 bits per heavy atom. The summed E-state index contributed by atoms with van der Waals surface area (Å²) in [6, 6.07) is 6.42. The number of hydrogen-bond donors (Lipinski definition) is 4. The fourth-order valence-corrected chi connectivity index (χ4v) is 2.77. The minimum atomic E-state index is -0.770. The van der Waals surface area contributed by atoms with Crippen molar-refractivity contribution < 1.29 is 19.4 Å².